The number of hydrogen-bond acceptors (Lipinski definition) is 10. The van der Waals surface area contributed by atoms with Crippen molar-refractivity contribution >= 4 is 36.3 Å². The van der Waals surface area contributed by atoms with Crippen molar-refractivity contribution in [3.05, 3.63) is 11.5 Å². The van der Waals surface area contributed by atoms with Gasteiger partial charge in [-0.1, -0.05) is 39.3 Å². The van der Waals surface area contributed by atoms with E-state index in [2.05, 4.69) is 15.0 Å². The molecule has 0 saturated carbocycles. The number of aliphatic hydroxyl groups is 3. The van der Waals surface area contributed by atoms with E-state index in [1.54, 1.807) is 27.7 Å². The van der Waals surface area contributed by atoms with Gasteiger partial charge >= 0.3 is 7.60 Å². The fraction of sp³-hybridized carbons (Fsp3) is 0.750. The monoisotopic (exact) mass is 521 g/mol. The zero-order valence-corrected chi connectivity index (χ0v) is 21.3. The number of aromatic nitrogens is 4. The standard InChI is InChI=1S/C20H33ClN5O7P/c1-5-19(6-2,33-34(30,31)20(29,7-3)8-4)9-11-13(27)14(28)17(32-11)26-10-23-12-15(21)24-18(22)25-16(12)26/h10-11,13-14,17,27-29H,5-9H2,1-4H3,(H,30,31)(H2,22,24,25)/t11-,13-,14-,17-/m1/s1. The summed E-state index contributed by atoms with van der Waals surface area (Å²) in [6.45, 7) is 6.78. The lowest BCUT2D eigenvalue weighted by Gasteiger charge is -2.40. The molecule has 2 aromatic rings. The van der Waals surface area contributed by atoms with Crippen molar-refractivity contribution in [1.29, 1.82) is 0 Å². The zero-order chi connectivity index (χ0) is 25.5. The number of fused-ring (bicyclic) bond motifs is 1. The molecule has 1 saturated heterocycles. The van der Waals surface area contributed by atoms with Gasteiger partial charge < -0.3 is 30.7 Å². The van der Waals surface area contributed by atoms with Crippen LogP contribution in [0, 0.1) is 0 Å². The molecule has 1 fully saturated rings. The minimum atomic E-state index is -4.47. The molecule has 0 aromatic carbocycles. The molecular formula is C20H33ClN5O7P. The molecule has 1 aliphatic heterocycles. The van der Waals surface area contributed by atoms with Crippen LogP contribution in [0.3, 0.4) is 0 Å². The normalized spacial score (nSPS) is 25.7. The predicted molar refractivity (Wildman–Crippen MR) is 125 cm³/mol. The minimum Gasteiger partial charge on any atom is -0.388 e. The Morgan fingerprint density at radius 3 is 2.35 bits per heavy atom. The molecule has 5 atom stereocenters. The van der Waals surface area contributed by atoms with E-state index in [0.717, 1.165) is 0 Å². The smallest absolute Gasteiger partial charge is 0.359 e. The van der Waals surface area contributed by atoms with Gasteiger partial charge in [0.25, 0.3) is 0 Å². The van der Waals surface area contributed by atoms with Crippen molar-refractivity contribution in [2.24, 2.45) is 0 Å². The maximum atomic E-state index is 13.1. The van der Waals surface area contributed by atoms with Crippen molar-refractivity contribution in [2.75, 3.05) is 5.73 Å². The third kappa shape index (κ3) is 4.70. The van der Waals surface area contributed by atoms with E-state index in [1.165, 1.54) is 10.9 Å². The number of hydrogen-bond donors (Lipinski definition) is 5. The second-order valence-corrected chi connectivity index (χ2v) is 11.1. The fourth-order valence-corrected chi connectivity index (χ4v) is 6.33. The largest absolute Gasteiger partial charge is 0.388 e. The highest BCUT2D eigenvalue weighted by atomic mass is 35.5. The van der Waals surface area contributed by atoms with Crippen molar-refractivity contribution in [2.45, 2.75) is 95.3 Å². The molecule has 6 N–H and O–H groups in total. The van der Waals surface area contributed by atoms with Crippen molar-refractivity contribution in [1.82, 2.24) is 19.5 Å². The molecule has 12 nitrogen and oxygen atoms in total. The van der Waals surface area contributed by atoms with Crippen LogP contribution in [0.25, 0.3) is 11.2 Å². The van der Waals surface area contributed by atoms with E-state index in [9.17, 15) is 24.8 Å². The number of imidazole rings is 1. The maximum Gasteiger partial charge on any atom is 0.359 e. The quantitative estimate of drug-likeness (QED) is 0.228. The minimum absolute atomic E-state index is 0.00665. The fourth-order valence-electron chi connectivity index (χ4n) is 4.28. The number of rotatable bonds is 10. The molecule has 1 unspecified atom stereocenters. The van der Waals surface area contributed by atoms with Crippen LogP contribution in [0.1, 0.15) is 66.0 Å². The van der Waals surface area contributed by atoms with Crippen molar-refractivity contribution < 1.29 is 34.0 Å². The molecule has 0 aliphatic carbocycles. The Bertz CT molecular complexity index is 1060. The lowest BCUT2D eigenvalue weighted by atomic mass is 9.88. The van der Waals surface area contributed by atoms with Crippen molar-refractivity contribution in [3.8, 4) is 0 Å². The number of nitrogens with zero attached hydrogens (tertiary/aromatic N) is 4. The molecule has 0 amide bonds. The van der Waals surface area contributed by atoms with E-state index in [0.29, 0.717) is 12.8 Å². The Labute approximate surface area is 202 Å². The molecule has 0 radical (unpaired) electrons. The van der Waals surface area contributed by atoms with E-state index < -0.39 is 43.1 Å². The maximum absolute atomic E-state index is 13.1. The van der Waals surface area contributed by atoms with Gasteiger partial charge in [0.05, 0.1) is 18.0 Å². The van der Waals surface area contributed by atoms with Gasteiger partial charge in [0.15, 0.2) is 22.4 Å². The summed E-state index contributed by atoms with van der Waals surface area (Å²) < 4.78 is 26.2. The van der Waals surface area contributed by atoms with Crippen LogP contribution < -0.4 is 5.73 Å². The molecule has 1 aliphatic rings. The van der Waals surface area contributed by atoms with Crippen LogP contribution in [0.4, 0.5) is 5.95 Å². The highest BCUT2D eigenvalue weighted by molar-refractivity contribution is 7.54. The summed E-state index contributed by atoms with van der Waals surface area (Å²) in [5, 5.41) is 30.4. The molecule has 3 heterocycles. The Balaban J connectivity index is 1.89. The number of ether oxygens (including phenoxy) is 1. The van der Waals surface area contributed by atoms with Gasteiger partial charge in [-0.2, -0.15) is 9.97 Å². The molecule has 2 aromatic heterocycles. The summed E-state index contributed by atoms with van der Waals surface area (Å²) in [5.74, 6) is -0.0914. The molecule has 14 heteroatoms. The van der Waals surface area contributed by atoms with Gasteiger partial charge in [-0.25, -0.2) is 4.98 Å². The van der Waals surface area contributed by atoms with E-state index in [-0.39, 0.29) is 41.5 Å². The lowest BCUT2D eigenvalue weighted by Crippen LogP contribution is -2.42. The SMILES string of the molecule is CCC(CC)(C[C@H]1O[C@@H](n2cnc3c(Cl)nc(N)nc32)[C@H](O)[C@@H]1O)OP(=O)(O)C(O)(CC)CC. The molecule has 192 valence electrons. The number of anilines is 1. The first-order valence-corrected chi connectivity index (χ1v) is 13.3. The van der Waals surface area contributed by atoms with E-state index in [1.807, 2.05) is 0 Å². The first-order valence-electron chi connectivity index (χ1n) is 11.3. The highest BCUT2D eigenvalue weighted by Crippen LogP contribution is 2.61. The summed E-state index contributed by atoms with van der Waals surface area (Å²) in [4.78, 5) is 22.8. The van der Waals surface area contributed by atoms with Crippen LogP contribution in [0.15, 0.2) is 6.33 Å². The third-order valence-electron chi connectivity index (χ3n) is 6.85. The van der Waals surface area contributed by atoms with Gasteiger partial charge in [-0.05, 0) is 25.7 Å². The van der Waals surface area contributed by atoms with Crippen LogP contribution in [-0.2, 0) is 13.8 Å². The van der Waals surface area contributed by atoms with Crippen LogP contribution in [-0.4, -0.2) is 69.0 Å². The Morgan fingerprint density at radius 1 is 1.18 bits per heavy atom. The highest BCUT2D eigenvalue weighted by Gasteiger charge is 2.52. The number of nitrogens with two attached hydrogens (primary N) is 1. The average Bonchev–Trinajstić information content (AvgIpc) is 3.33. The molecule has 0 spiro atoms. The lowest BCUT2D eigenvalue weighted by molar-refractivity contribution is -0.0761. The molecule has 3 rings (SSSR count). The molecule has 0 bridgehead atoms. The topological polar surface area (TPSA) is 186 Å². The van der Waals surface area contributed by atoms with E-state index in [4.69, 9.17) is 26.6 Å². The first-order chi connectivity index (χ1) is 15.9. The summed E-state index contributed by atoms with van der Waals surface area (Å²) in [6, 6.07) is 0. The molecular weight excluding hydrogens is 489 g/mol. The van der Waals surface area contributed by atoms with E-state index >= 15 is 0 Å². The zero-order valence-electron chi connectivity index (χ0n) is 19.6. The summed E-state index contributed by atoms with van der Waals surface area (Å²) in [6.07, 6.45) is -2.72. The number of aliphatic hydroxyl groups excluding tert-OH is 2. The summed E-state index contributed by atoms with van der Waals surface area (Å²) in [7, 11) is -4.47. The van der Waals surface area contributed by atoms with Gasteiger partial charge in [0.1, 0.15) is 17.7 Å². The average molecular weight is 522 g/mol. The van der Waals surface area contributed by atoms with Gasteiger partial charge in [0, 0.05) is 6.42 Å². The third-order valence-corrected chi connectivity index (χ3v) is 9.43. The number of halogens is 1. The second-order valence-electron chi connectivity index (χ2n) is 8.64. The number of nitrogen functional groups attached to an aromatic ring is 1. The van der Waals surface area contributed by atoms with Crippen LogP contribution >= 0.6 is 19.2 Å². The first kappa shape index (κ1) is 27.2. The van der Waals surface area contributed by atoms with Crippen LogP contribution in [0.2, 0.25) is 5.15 Å². The van der Waals surface area contributed by atoms with Crippen LogP contribution in [0.5, 0.6) is 0 Å². The Morgan fingerprint density at radius 2 is 1.79 bits per heavy atom. The second kappa shape index (κ2) is 9.94. The van der Waals surface area contributed by atoms with Gasteiger partial charge in [0.2, 0.25) is 5.95 Å². The molecule has 34 heavy (non-hydrogen) atoms. The van der Waals surface area contributed by atoms with Gasteiger partial charge in [-0.15, -0.1) is 0 Å². The Hall–Kier alpha value is -1.37. The Kier molecular flexibility index (Phi) is 7.96. The summed E-state index contributed by atoms with van der Waals surface area (Å²) >= 11 is 6.08. The summed E-state index contributed by atoms with van der Waals surface area (Å²) in [5.41, 5.74) is 4.97. The van der Waals surface area contributed by atoms with Crippen molar-refractivity contribution in [3.63, 3.8) is 0 Å². The van der Waals surface area contributed by atoms with Gasteiger partial charge in [-0.3, -0.25) is 13.7 Å². The predicted octanol–water partition coefficient (Wildman–Crippen LogP) is 2.34.